The first kappa shape index (κ1) is 12.5. The summed E-state index contributed by atoms with van der Waals surface area (Å²) in [4.78, 5) is 0. The van der Waals surface area contributed by atoms with E-state index in [-0.39, 0.29) is 0 Å². The molecule has 19 heavy (non-hydrogen) atoms. The number of fused-ring (bicyclic) bond motifs is 1. The van der Waals surface area contributed by atoms with Gasteiger partial charge in [-0.25, -0.2) is 0 Å². The topological polar surface area (TPSA) is 24.1 Å². The van der Waals surface area contributed by atoms with Crippen LogP contribution in [0.25, 0.3) is 10.8 Å². The fraction of sp³-hybridized carbons (Fsp3) is 0.412. The van der Waals surface area contributed by atoms with Crippen molar-refractivity contribution in [3.63, 3.8) is 0 Å². The van der Waals surface area contributed by atoms with E-state index in [2.05, 4.69) is 54.0 Å². The molecule has 1 unspecified atom stereocenters. The van der Waals surface area contributed by atoms with Gasteiger partial charge in [0, 0.05) is 18.3 Å². The summed E-state index contributed by atoms with van der Waals surface area (Å²) in [6.07, 6.45) is 3.88. The van der Waals surface area contributed by atoms with Gasteiger partial charge in [-0.05, 0) is 55.6 Å². The number of benzene rings is 2. The highest BCUT2D eigenvalue weighted by atomic mass is 14.9. The van der Waals surface area contributed by atoms with Gasteiger partial charge < -0.3 is 10.6 Å². The van der Waals surface area contributed by atoms with Gasteiger partial charge in [0.1, 0.15) is 0 Å². The van der Waals surface area contributed by atoms with Gasteiger partial charge >= 0.3 is 0 Å². The predicted molar refractivity (Wildman–Crippen MR) is 82.8 cm³/mol. The average Bonchev–Trinajstić information content (AvgIpc) is 2.92. The summed E-state index contributed by atoms with van der Waals surface area (Å²) in [6.45, 7) is 4.38. The van der Waals surface area contributed by atoms with Gasteiger partial charge in [0.25, 0.3) is 0 Å². The van der Waals surface area contributed by atoms with Gasteiger partial charge in [0.15, 0.2) is 0 Å². The Balaban J connectivity index is 1.62. The lowest BCUT2D eigenvalue weighted by atomic mass is 10.1. The fourth-order valence-electron chi connectivity index (χ4n) is 2.87. The third-order valence-corrected chi connectivity index (χ3v) is 3.98. The maximum absolute atomic E-state index is 3.54. The van der Waals surface area contributed by atoms with Gasteiger partial charge in [-0.15, -0.1) is 0 Å². The van der Waals surface area contributed by atoms with Crippen LogP contribution in [0.5, 0.6) is 0 Å². The Hall–Kier alpha value is -1.54. The number of rotatable bonds is 4. The first-order chi connectivity index (χ1) is 9.31. The van der Waals surface area contributed by atoms with Crippen molar-refractivity contribution in [3.05, 3.63) is 42.0 Å². The molecule has 0 radical (unpaired) electrons. The number of anilines is 1. The van der Waals surface area contributed by atoms with Crippen molar-refractivity contribution in [1.29, 1.82) is 0 Å². The molecule has 2 aromatic rings. The van der Waals surface area contributed by atoms with Crippen molar-refractivity contribution in [2.45, 2.75) is 32.2 Å². The van der Waals surface area contributed by atoms with E-state index in [1.807, 2.05) is 0 Å². The third kappa shape index (κ3) is 3.07. The number of aryl methyl sites for hydroxylation is 1. The molecule has 0 spiro atoms. The van der Waals surface area contributed by atoms with Crippen LogP contribution in [0.3, 0.4) is 0 Å². The summed E-state index contributed by atoms with van der Waals surface area (Å²) in [5, 5.41) is 9.71. The lowest BCUT2D eigenvalue weighted by Gasteiger charge is -2.12. The second kappa shape index (κ2) is 5.62. The first-order valence-electron chi connectivity index (χ1n) is 7.29. The smallest absolute Gasteiger partial charge is 0.0346 e. The Labute approximate surface area is 115 Å². The molecule has 1 aliphatic heterocycles. The molecule has 2 aromatic carbocycles. The van der Waals surface area contributed by atoms with Gasteiger partial charge in [0.05, 0.1) is 0 Å². The number of hydrogen-bond acceptors (Lipinski definition) is 2. The summed E-state index contributed by atoms with van der Waals surface area (Å²) in [5.74, 6) is 0. The quantitative estimate of drug-likeness (QED) is 0.869. The van der Waals surface area contributed by atoms with E-state index in [4.69, 9.17) is 0 Å². The molecule has 2 N–H and O–H groups in total. The average molecular weight is 254 g/mol. The lowest BCUT2D eigenvalue weighted by molar-refractivity contribution is 0.574. The SMILES string of the molecule is Cc1ccc2cc(NCCC3CCCN3)ccc2c1. The van der Waals surface area contributed by atoms with Crippen LogP contribution in [0.4, 0.5) is 5.69 Å². The molecule has 0 saturated carbocycles. The Morgan fingerprint density at radius 2 is 2.00 bits per heavy atom. The molecular formula is C17H22N2. The van der Waals surface area contributed by atoms with Gasteiger partial charge in [0.2, 0.25) is 0 Å². The molecule has 2 nitrogen and oxygen atoms in total. The molecule has 1 aliphatic rings. The van der Waals surface area contributed by atoms with E-state index < -0.39 is 0 Å². The normalized spacial score (nSPS) is 18.9. The Kier molecular flexibility index (Phi) is 3.69. The van der Waals surface area contributed by atoms with Crippen LogP contribution in [0.1, 0.15) is 24.8 Å². The molecule has 3 rings (SSSR count). The monoisotopic (exact) mass is 254 g/mol. The highest BCUT2D eigenvalue weighted by molar-refractivity contribution is 5.86. The van der Waals surface area contributed by atoms with Crippen LogP contribution in [0, 0.1) is 6.92 Å². The molecule has 100 valence electrons. The van der Waals surface area contributed by atoms with Crippen molar-refractivity contribution in [3.8, 4) is 0 Å². The maximum atomic E-state index is 3.54. The summed E-state index contributed by atoms with van der Waals surface area (Å²) < 4.78 is 0. The highest BCUT2D eigenvalue weighted by Gasteiger charge is 2.12. The van der Waals surface area contributed by atoms with E-state index in [0.717, 1.165) is 12.6 Å². The van der Waals surface area contributed by atoms with Crippen molar-refractivity contribution < 1.29 is 0 Å². The van der Waals surface area contributed by atoms with E-state index in [0.29, 0.717) is 0 Å². The largest absolute Gasteiger partial charge is 0.385 e. The fourth-order valence-corrected chi connectivity index (χ4v) is 2.87. The van der Waals surface area contributed by atoms with E-state index >= 15 is 0 Å². The molecular weight excluding hydrogens is 232 g/mol. The molecule has 0 aromatic heterocycles. The predicted octanol–water partition coefficient (Wildman–Crippen LogP) is 3.70. The minimum absolute atomic E-state index is 0.718. The van der Waals surface area contributed by atoms with Gasteiger partial charge in [-0.3, -0.25) is 0 Å². The van der Waals surface area contributed by atoms with E-state index in [1.165, 1.54) is 47.8 Å². The van der Waals surface area contributed by atoms with Crippen LogP contribution in [0.2, 0.25) is 0 Å². The van der Waals surface area contributed by atoms with Crippen molar-refractivity contribution in [2.75, 3.05) is 18.4 Å². The second-order valence-corrected chi connectivity index (χ2v) is 5.57. The molecule has 1 atom stereocenters. The minimum atomic E-state index is 0.718. The third-order valence-electron chi connectivity index (χ3n) is 3.98. The van der Waals surface area contributed by atoms with E-state index in [1.54, 1.807) is 0 Å². The minimum Gasteiger partial charge on any atom is -0.385 e. The molecule has 2 heteroatoms. The zero-order valence-corrected chi connectivity index (χ0v) is 11.6. The van der Waals surface area contributed by atoms with Crippen LogP contribution in [-0.2, 0) is 0 Å². The lowest BCUT2D eigenvalue weighted by Crippen LogP contribution is -2.24. The number of hydrogen-bond donors (Lipinski definition) is 2. The Morgan fingerprint density at radius 3 is 2.84 bits per heavy atom. The Morgan fingerprint density at radius 1 is 1.16 bits per heavy atom. The molecule has 1 fully saturated rings. The summed E-state index contributed by atoms with van der Waals surface area (Å²) in [6, 6.07) is 14.0. The van der Waals surface area contributed by atoms with Crippen LogP contribution in [0.15, 0.2) is 36.4 Å². The van der Waals surface area contributed by atoms with Crippen molar-refractivity contribution >= 4 is 16.5 Å². The van der Waals surface area contributed by atoms with Crippen molar-refractivity contribution in [2.24, 2.45) is 0 Å². The molecule has 0 bridgehead atoms. The first-order valence-corrected chi connectivity index (χ1v) is 7.29. The summed E-state index contributed by atoms with van der Waals surface area (Å²) >= 11 is 0. The standard InChI is InChI=1S/C17H22N2/c1-13-4-5-15-12-17(7-6-14(15)11-13)19-10-8-16-3-2-9-18-16/h4-7,11-12,16,18-19H,2-3,8-10H2,1H3. The summed E-state index contributed by atoms with van der Waals surface area (Å²) in [5.41, 5.74) is 2.55. The Bertz CT molecular complexity index is 556. The highest BCUT2D eigenvalue weighted by Crippen LogP contribution is 2.20. The van der Waals surface area contributed by atoms with Crippen LogP contribution < -0.4 is 10.6 Å². The molecule has 1 heterocycles. The van der Waals surface area contributed by atoms with Crippen LogP contribution >= 0.6 is 0 Å². The maximum Gasteiger partial charge on any atom is 0.0346 e. The van der Waals surface area contributed by atoms with Crippen LogP contribution in [-0.4, -0.2) is 19.1 Å². The number of nitrogens with one attached hydrogen (secondary N) is 2. The zero-order chi connectivity index (χ0) is 13.1. The van der Waals surface area contributed by atoms with E-state index in [9.17, 15) is 0 Å². The van der Waals surface area contributed by atoms with Gasteiger partial charge in [-0.2, -0.15) is 0 Å². The molecule has 0 aliphatic carbocycles. The zero-order valence-electron chi connectivity index (χ0n) is 11.6. The second-order valence-electron chi connectivity index (χ2n) is 5.57. The van der Waals surface area contributed by atoms with Gasteiger partial charge in [-0.1, -0.05) is 29.8 Å². The van der Waals surface area contributed by atoms with Crippen molar-refractivity contribution in [1.82, 2.24) is 5.32 Å². The molecule has 1 saturated heterocycles. The molecule has 0 amide bonds. The summed E-state index contributed by atoms with van der Waals surface area (Å²) in [7, 11) is 0.